The van der Waals surface area contributed by atoms with Gasteiger partial charge in [0.2, 0.25) is 0 Å². The van der Waals surface area contributed by atoms with Crippen molar-refractivity contribution < 1.29 is 5.11 Å². The Labute approximate surface area is 157 Å². The average molecular weight is 364 g/mol. The first kappa shape index (κ1) is 17.7. The maximum atomic E-state index is 10.6. The standard InChI is InChI=1S/C20H33N3OS/c1-19-9-7-13(22-23-18(21)25)11-12(19)3-4-14-15-5-6-17(24)20(15,2)10-8-16(14)19/h12,14-17,24H,3-11H2,1-2H3,(H3,21,23,25)/b22-13-/t12-,14+,15+,16+,17-,19-,20-/m0/s1. The summed E-state index contributed by atoms with van der Waals surface area (Å²) in [5.74, 6) is 3.14. The van der Waals surface area contributed by atoms with Gasteiger partial charge in [-0.05, 0) is 105 Å². The second kappa shape index (κ2) is 6.19. The van der Waals surface area contributed by atoms with Gasteiger partial charge in [-0.3, -0.25) is 5.43 Å². The van der Waals surface area contributed by atoms with Crippen LogP contribution in [-0.2, 0) is 0 Å². The van der Waals surface area contributed by atoms with E-state index in [0.717, 1.165) is 42.9 Å². The molecule has 0 heterocycles. The van der Waals surface area contributed by atoms with E-state index in [1.807, 2.05) is 0 Å². The summed E-state index contributed by atoms with van der Waals surface area (Å²) >= 11 is 4.88. The molecule has 0 bridgehead atoms. The molecule has 0 radical (unpaired) electrons. The first-order chi connectivity index (χ1) is 11.8. The quantitative estimate of drug-likeness (QED) is 0.492. The fourth-order valence-corrected chi connectivity index (χ4v) is 7.31. The van der Waals surface area contributed by atoms with Gasteiger partial charge in [-0.2, -0.15) is 5.10 Å². The Morgan fingerprint density at radius 2 is 1.88 bits per heavy atom. The topological polar surface area (TPSA) is 70.6 Å². The highest BCUT2D eigenvalue weighted by molar-refractivity contribution is 7.80. The number of hydrogen-bond donors (Lipinski definition) is 3. The van der Waals surface area contributed by atoms with Gasteiger partial charge in [-0.15, -0.1) is 0 Å². The lowest BCUT2D eigenvalue weighted by Gasteiger charge is -2.60. The number of nitrogens with two attached hydrogens (primary N) is 1. The number of hydrogen-bond acceptors (Lipinski definition) is 3. The monoisotopic (exact) mass is 363 g/mol. The van der Waals surface area contributed by atoms with Crippen molar-refractivity contribution in [3.8, 4) is 0 Å². The number of fused-ring (bicyclic) bond motifs is 5. The molecular weight excluding hydrogens is 330 g/mol. The molecule has 25 heavy (non-hydrogen) atoms. The van der Waals surface area contributed by atoms with E-state index in [1.165, 1.54) is 44.2 Å². The lowest BCUT2D eigenvalue weighted by molar-refractivity contribution is -0.112. The van der Waals surface area contributed by atoms with Crippen LogP contribution in [-0.4, -0.2) is 22.0 Å². The maximum absolute atomic E-state index is 10.6. The number of aliphatic hydroxyl groups excluding tert-OH is 1. The summed E-state index contributed by atoms with van der Waals surface area (Å²) in [7, 11) is 0. The van der Waals surface area contributed by atoms with Gasteiger partial charge >= 0.3 is 0 Å². The van der Waals surface area contributed by atoms with Crippen LogP contribution in [0.25, 0.3) is 0 Å². The van der Waals surface area contributed by atoms with E-state index in [1.54, 1.807) is 0 Å². The summed E-state index contributed by atoms with van der Waals surface area (Å²) in [5, 5.41) is 15.3. The van der Waals surface area contributed by atoms with Gasteiger partial charge in [0.15, 0.2) is 5.11 Å². The van der Waals surface area contributed by atoms with Gasteiger partial charge in [0.25, 0.3) is 0 Å². The van der Waals surface area contributed by atoms with Crippen LogP contribution in [0.4, 0.5) is 0 Å². The van der Waals surface area contributed by atoms with Crippen molar-refractivity contribution in [3.05, 3.63) is 0 Å². The second-order valence-corrected chi connectivity index (χ2v) is 10.1. The second-order valence-electron chi connectivity index (χ2n) is 9.65. The van der Waals surface area contributed by atoms with E-state index in [2.05, 4.69) is 24.4 Å². The van der Waals surface area contributed by atoms with Crippen LogP contribution in [0.2, 0.25) is 0 Å². The molecule has 0 spiro atoms. The van der Waals surface area contributed by atoms with Crippen LogP contribution in [0.1, 0.15) is 71.6 Å². The van der Waals surface area contributed by atoms with Crippen LogP contribution in [0.5, 0.6) is 0 Å². The highest BCUT2D eigenvalue weighted by Gasteiger charge is 2.59. The van der Waals surface area contributed by atoms with Crippen LogP contribution in [0, 0.1) is 34.5 Å². The fraction of sp³-hybridized carbons (Fsp3) is 0.900. The van der Waals surface area contributed by atoms with E-state index in [4.69, 9.17) is 18.0 Å². The van der Waals surface area contributed by atoms with E-state index in [9.17, 15) is 5.11 Å². The minimum atomic E-state index is -0.0692. The Balaban J connectivity index is 1.53. The molecule has 0 aromatic heterocycles. The Bertz CT molecular complexity index is 593. The molecule has 0 unspecified atom stereocenters. The molecule has 4 saturated carbocycles. The van der Waals surface area contributed by atoms with Gasteiger partial charge in [-0.25, -0.2) is 0 Å². The molecule has 4 rings (SSSR count). The van der Waals surface area contributed by atoms with Crippen LogP contribution in [0.3, 0.4) is 0 Å². The predicted molar refractivity (Wildman–Crippen MR) is 105 cm³/mol. The zero-order valence-corrected chi connectivity index (χ0v) is 16.4. The number of thiocarbonyl (C=S) groups is 1. The largest absolute Gasteiger partial charge is 0.393 e. The first-order valence-corrected chi connectivity index (χ1v) is 10.5. The van der Waals surface area contributed by atoms with Gasteiger partial charge in [0, 0.05) is 5.71 Å². The van der Waals surface area contributed by atoms with Crippen molar-refractivity contribution in [1.82, 2.24) is 5.43 Å². The molecule has 4 nitrogen and oxygen atoms in total. The summed E-state index contributed by atoms with van der Waals surface area (Å²) in [6.45, 7) is 4.92. The lowest BCUT2D eigenvalue weighted by Crippen LogP contribution is -2.54. The molecule has 0 amide bonds. The third-order valence-corrected chi connectivity index (χ3v) is 8.86. The molecule has 5 heteroatoms. The van der Waals surface area contributed by atoms with E-state index in [-0.39, 0.29) is 16.6 Å². The number of aliphatic hydroxyl groups is 1. The van der Waals surface area contributed by atoms with E-state index in [0.29, 0.717) is 5.41 Å². The molecule has 4 aliphatic rings. The minimum absolute atomic E-state index is 0.0692. The zero-order chi connectivity index (χ0) is 17.8. The lowest BCUT2D eigenvalue weighted by atomic mass is 9.45. The van der Waals surface area contributed by atoms with Gasteiger partial charge in [0.05, 0.1) is 6.10 Å². The predicted octanol–water partition coefficient (Wildman–Crippen LogP) is 3.58. The first-order valence-electron chi connectivity index (χ1n) is 10.1. The SMILES string of the molecule is C[C@]12CC/C(=N/NC(N)=S)C[C@@H]1CC[C@H]1[C@H]2CC[C@@]2(C)[C@@H]1CC[C@@H]2O. The maximum Gasteiger partial charge on any atom is 0.184 e. The number of rotatable bonds is 1. The van der Waals surface area contributed by atoms with Gasteiger partial charge < -0.3 is 10.8 Å². The average Bonchev–Trinajstić information content (AvgIpc) is 2.88. The smallest absolute Gasteiger partial charge is 0.184 e. The van der Waals surface area contributed by atoms with Crippen molar-refractivity contribution in [3.63, 3.8) is 0 Å². The molecule has 0 aromatic rings. The Kier molecular flexibility index (Phi) is 4.39. The Hall–Kier alpha value is -0.680. The molecular formula is C20H33N3OS. The summed E-state index contributed by atoms with van der Waals surface area (Å²) in [6, 6.07) is 0. The molecule has 4 fully saturated rings. The normalized spacial score (nSPS) is 50.7. The van der Waals surface area contributed by atoms with E-state index >= 15 is 0 Å². The fourth-order valence-electron chi connectivity index (χ4n) is 7.27. The Morgan fingerprint density at radius 3 is 2.64 bits per heavy atom. The number of nitrogens with zero attached hydrogens (tertiary/aromatic N) is 1. The molecule has 4 aliphatic carbocycles. The molecule has 0 saturated heterocycles. The summed E-state index contributed by atoms with van der Waals surface area (Å²) in [4.78, 5) is 0. The van der Waals surface area contributed by atoms with Gasteiger partial charge in [0.1, 0.15) is 0 Å². The van der Waals surface area contributed by atoms with Crippen molar-refractivity contribution in [1.29, 1.82) is 0 Å². The van der Waals surface area contributed by atoms with Crippen molar-refractivity contribution >= 4 is 23.0 Å². The van der Waals surface area contributed by atoms with Crippen molar-refractivity contribution in [2.75, 3.05) is 0 Å². The third-order valence-electron chi connectivity index (χ3n) is 8.77. The summed E-state index contributed by atoms with van der Waals surface area (Å²) < 4.78 is 0. The Morgan fingerprint density at radius 1 is 1.12 bits per heavy atom. The van der Waals surface area contributed by atoms with Crippen LogP contribution < -0.4 is 11.2 Å². The number of hydrazone groups is 1. The molecule has 7 atom stereocenters. The highest BCUT2D eigenvalue weighted by atomic mass is 32.1. The zero-order valence-electron chi connectivity index (χ0n) is 15.6. The molecule has 0 aromatic carbocycles. The summed E-state index contributed by atoms with van der Waals surface area (Å²) in [5.41, 5.74) is 10.2. The highest BCUT2D eigenvalue weighted by Crippen LogP contribution is 2.65. The van der Waals surface area contributed by atoms with Crippen molar-refractivity contribution in [2.24, 2.45) is 45.3 Å². The van der Waals surface area contributed by atoms with Crippen LogP contribution in [0.15, 0.2) is 5.10 Å². The minimum Gasteiger partial charge on any atom is -0.393 e. The van der Waals surface area contributed by atoms with Gasteiger partial charge in [-0.1, -0.05) is 13.8 Å². The van der Waals surface area contributed by atoms with Crippen molar-refractivity contribution in [2.45, 2.75) is 77.7 Å². The molecule has 0 aliphatic heterocycles. The summed E-state index contributed by atoms with van der Waals surface area (Å²) in [6.07, 6.45) is 10.8. The molecule has 4 N–H and O–H groups in total. The van der Waals surface area contributed by atoms with E-state index < -0.39 is 0 Å². The number of nitrogens with one attached hydrogen (secondary N) is 1. The third kappa shape index (κ3) is 2.73. The molecule has 140 valence electrons. The van der Waals surface area contributed by atoms with Crippen LogP contribution >= 0.6 is 12.2 Å².